The monoisotopic (exact) mass is 372 g/mol. The van der Waals surface area contributed by atoms with Crippen LogP contribution in [0.25, 0.3) is 0 Å². The third-order valence-corrected chi connectivity index (χ3v) is 4.45. The highest BCUT2D eigenvalue weighted by Gasteiger charge is 2.24. The molecule has 2 amide bonds. The van der Waals surface area contributed by atoms with E-state index in [0.29, 0.717) is 37.0 Å². The molecular weight excluding hydrogens is 348 g/mol. The molecule has 2 aromatic rings. The number of hydrogen-bond acceptors (Lipinski definition) is 6. The number of carbonyl (C=O) groups excluding carboxylic acids is 1. The Balaban J connectivity index is 1.46. The maximum Gasteiger partial charge on any atom is 0.317 e. The van der Waals surface area contributed by atoms with Gasteiger partial charge in [0.05, 0.1) is 20.4 Å². The summed E-state index contributed by atoms with van der Waals surface area (Å²) in [6.07, 6.45) is 6.39. The number of carbonyl (C=O) groups is 1. The van der Waals surface area contributed by atoms with E-state index in [0.717, 1.165) is 18.4 Å². The lowest BCUT2D eigenvalue weighted by atomic mass is 10.1. The summed E-state index contributed by atoms with van der Waals surface area (Å²) in [5.74, 6) is 1.83. The van der Waals surface area contributed by atoms with Crippen LogP contribution < -0.4 is 19.5 Å². The van der Waals surface area contributed by atoms with Crippen LogP contribution in [0.4, 0.5) is 4.79 Å². The topological polar surface area (TPSA) is 85.8 Å². The molecule has 0 saturated carbocycles. The molecule has 1 aliphatic rings. The first kappa shape index (κ1) is 18.8. The molecule has 8 heteroatoms. The summed E-state index contributed by atoms with van der Waals surface area (Å²) in [7, 11) is 3.18. The Morgan fingerprint density at radius 2 is 1.96 bits per heavy atom. The zero-order chi connectivity index (χ0) is 19.1. The van der Waals surface area contributed by atoms with Crippen LogP contribution in [0.1, 0.15) is 18.4 Å². The molecule has 144 valence electrons. The first-order valence-electron chi connectivity index (χ1n) is 8.86. The van der Waals surface area contributed by atoms with E-state index in [1.54, 1.807) is 37.7 Å². The zero-order valence-corrected chi connectivity index (χ0v) is 15.6. The molecule has 8 nitrogen and oxygen atoms in total. The molecule has 27 heavy (non-hydrogen) atoms. The number of amides is 2. The standard InChI is InChI=1S/C19H24N4O4/c1-25-16-4-3-14(11-17(16)26-2)12-22-19(24)23-9-5-15(6-10-23)27-18-13-20-7-8-21-18/h3-4,7-8,11,13,15H,5-6,9-10,12H2,1-2H3,(H,22,24). The van der Waals surface area contributed by atoms with E-state index in [1.807, 2.05) is 18.2 Å². The summed E-state index contributed by atoms with van der Waals surface area (Å²) >= 11 is 0. The lowest BCUT2D eigenvalue weighted by Gasteiger charge is -2.31. The molecule has 0 spiro atoms. The quantitative estimate of drug-likeness (QED) is 0.837. The number of likely N-dealkylation sites (tertiary alicyclic amines) is 1. The fourth-order valence-corrected chi connectivity index (χ4v) is 2.97. The Morgan fingerprint density at radius 3 is 2.63 bits per heavy atom. The molecule has 0 aliphatic carbocycles. The predicted octanol–water partition coefficient (Wildman–Crippen LogP) is 2.25. The minimum Gasteiger partial charge on any atom is -0.493 e. The van der Waals surface area contributed by atoms with Crippen LogP contribution in [0.5, 0.6) is 17.4 Å². The summed E-state index contributed by atoms with van der Waals surface area (Å²) in [5.41, 5.74) is 0.946. The number of rotatable bonds is 6. The first-order chi connectivity index (χ1) is 13.2. The molecule has 1 aliphatic heterocycles. The predicted molar refractivity (Wildman–Crippen MR) is 99.0 cm³/mol. The van der Waals surface area contributed by atoms with Crippen molar-refractivity contribution in [2.45, 2.75) is 25.5 Å². The average molecular weight is 372 g/mol. The van der Waals surface area contributed by atoms with E-state index < -0.39 is 0 Å². The lowest BCUT2D eigenvalue weighted by Crippen LogP contribution is -2.46. The largest absolute Gasteiger partial charge is 0.493 e. The first-order valence-corrected chi connectivity index (χ1v) is 8.86. The van der Waals surface area contributed by atoms with Crippen LogP contribution in [0, 0.1) is 0 Å². The molecule has 1 aromatic carbocycles. The van der Waals surface area contributed by atoms with Crippen LogP contribution in [-0.2, 0) is 6.54 Å². The van der Waals surface area contributed by atoms with Crippen molar-refractivity contribution in [2.24, 2.45) is 0 Å². The van der Waals surface area contributed by atoms with Gasteiger partial charge in [-0.3, -0.25) is 4.98 Å². The number of benzene rings is 1. The van der Waals surface area contributed by atoms with Crippen molar-refractivity contribution >= 4 is 6.03 Å². The molecule has 1 aromatic heterocycles. The summed E-state index contributed by atoms with van der Waals surface area (Å²) in [6, 6.07) is 5.51. The number of aromatic nitrogens is 2. The highest BCUT2D eigenvalue weighted by molar-refractivity contribution is 5.74. The number of methoxy groups -OCH3 is 2. The van der Waals surface area contributed by atoms with E-state index >= 15 is 0 Å². The fraction of sp³-hybridized carbons (Fsp3) is 0.421. The third-order valence-electron chi connectivity index (χ3n) is 4.45. The van der Waals surface area contributed by atoms with Crippen LogP contribution in [0.15, 0.2) is 36.8 Å². The van der Waals surface area contributed by atoms with Crippen LogP contribution in [-0.4, -0.2) is 54.3 Å². The van der Waals surface area contributed by atoms with Crippen LogP contribution in [0.3, 0.4) is 0 Å². The van der Waals surface area contributed by atoms with Gasteiger partial charge in [-0.15, -0.1) is 0 Å². The highest BCUT2D eigenvalue weighted by atomic mass is 16.5. The number of nitrogens with zero attached hydrogens (tertiary/aromatic N) is 3. The van der Waals surface area contributed by atoms with E-state index in [9.17, 15) is 4.79 Å². The maximum absolute atomic E-state index is 12.4. The minimum atomic E-state index is -0.0808. The molecule has 2 heterocycles. The molecule has 1 fully saturated rings. The fourth-order valence-electron chi connectivity index (χ4n) is 2.97. The summed E-state index contributed by atoms with van der Waals surface area (Å²) in [5, 5.41) is 2.95. The van der Waals surface area contributed by atoms with E-state index in [-0.39, 0.29) is 12.1 Å². The third kappa shape index (κ3) is 4.99. The summed E-state index contributed by atoms with van der Waals surface area (Å²) in [6.45, 7) is 1.71. The van der Waals surface area contributed by atoms with Gasteiger partial charge in [0.2, 0.25) is 5.88 Å². The zero-order valence-electron chi connectivity index (χ0n) is 15.6. The number of nitrogens with one attached hydrogen (secondary N) is 1. The number of piperidine rings is 1. The Hall–Kier alpha value is -3.03. The normalized spacial score (nSPS) is 14.5. The molecule has 0 radical (unpaired) electrons. The molecule has 1 saturated heterocycles. The Kier molecular flexibility index (Phi) is 6.30. The lowest BCUT2D eigenvalue weighted by molar-refractivity contribution is 0.107. The van der Waals surface area contributed by atoms with Crippen molar-refractivity contribution in [2.75, 3.05) is 27.3 Å². The molecule has 3 rings (SSSR count). The Morgan fingerprint density at radius 1 is 1.19 bits per heavy atom. The van der Waals surface area contributed by atoms with Gasteiger partial charge >= 0.3 is 6.03 Å². The maximum atomic E-state index is 12.4. The van der Waals surface area contributed by atoms with Crippen molar-refractivity contribution in [3.8, 4) is 17.4 Å². The second-order valence-electron chi connectivity index (χ2n) is 6.20. The number of urea groups is 1. The number of hydrogen-bond donors (Lipinski definition) is 1. The molecule has 0 unspecified atom stereocenters. The average Bonchev–Trinajstić information content (AvgIpc) is 2.73. The number of ether oxygens (including phenoxy) is 3. The van der Waals surface area contributed by atoms with Gasteiger partial charge < -0.3 is 24.4 Å². The highest BCUT2D eigenvalue weighted by Crippen LogP contribution is 2.27. The molecule has 1 N–H and O–H groups in total. The summed E-state index contributed by atoms with van der Waals surface area (Å²) in [4.78, 5) is 22.3. The minimum absolute atomic E-state index is 0.0524. The van der Waals surface area contributed by atoms with Gasteiger partial charge in [0.1, 0.15) is 6.10 Å². The van der Waals surface area contributed by atoms with Gasteiger partial charge in [-0.1, -0.05) is 6.07 Å². The van der Waals surface area contributed by atoms with Gasteiger partial charge in [-0.05, 0) is 17.7 Å². The SMILES string of the molecule is COc1ccc(CNC(=O)N2CCC(Oc3cnccn3)CC2)cc1OC. The van der Waals surface area contributed by atoms with Crippen LogP contribution >= 0.6 is 0 Å². The van der Waals surface area contributed by atoms with E-state index in [1.165, 1.54) is 0 Å². The smallest absolute Gasteiger partial charge is 0.317 e. The van der Waals surface area contributed by atoms with Gasteiger partial charge in [0.15, 0.2) is 11.5 Å². The van der Waals surface area contributed by atoms with Gasteiger partial charge in [0, 0.05) is 44.9 Å². The van der Waals surface area contributed by atoms with Crippen molar-refractivity contribution < 1.29 is 19.0 Å². The molecule has 0 bridgehead atoms. The van der Waals surface area contributed by atoms with Gasteiger partial charge in [0.25, 0.3) is 0 Å². The Bertz CT molecular complexity index is 749. The van der Waals surface area contributed by atoms with E-state index in [4.69, 9.17) is 14.2 Å². The second kappa shape index (κ2) is 9.07. The van der Waals surface area contributed by atoms with Gasteiger partial charge in [-0.2, -0.15) is 0 Å². The summed E-state index contributed by atoms with van der Waals surface area (Å²) < 4.78 is 16.3. The molecular formula is C19H24N4O4. The second-order valence-corrected chi connectivity index (χ2v) is 6.20. The Labute approximate surface area is 158 Å². The van der Waals surface area contributed by atoms with E-state index in [2.05, 4.69) is 15.3 Å². The van der Waals surface area contributed by atoms with Crippen molar-refractivity contribution in [1.82, 2.24) is 20.2 Å². The van der Waals surface area contributed by atoms with Crippen molar-refractivity contribution in [3.05, 3.63) is 42.4 Å². The van der Waals surface area contributed by atoms with Crippen molar-refractivity contribution in [3.63, 3.8) is 0 Å². The van der Waals surface area contributed by atoms with Crippen molar-refractivity contribution in [1.29, 1.82) is 0 Å². The van der Waals surface area contributed by atoms with Crippen LogP contribution in [0.2, 0.25) is 0 Å². The molecule has 0 atom stereocenters. The van der Waals surface area contributed by atoms with Gasteiger partial charge in [-0.25, -0.2) is 9.78 Å².